The van der Waals surface area contributed by atoms with Gasteiger partial charge in [0.1, 0.15) is 11.5 Å². The zero-order chi connectivity index (χ0) is 21.6. The molecule has 0 atom stereocenters. The number of amides is 1. The molecular formula is C23H24N2O4S. The van der Waals surface area contributed by atoms with Gasteiger partial charge in [0.2, 0.25) is 10.0 Å². The highest BCUT2D eigenvalue weighted by Crippen LogP contribution is 2.26. The lowest BCUT2D eigenvalue weighted by Gasteiger charge is -2.18. The summed E-state index contributed by atoms with van der Waals surface area (Å²) in [7, 11) is -3.54. The third-order valence-electron chi connectivity index (χ3n) is 4.56. The first-order valence-electron chi connectivity index (χ1n) is 9.69. The topological polar surface area (TPSA) is 75.7 Å². The van der Waals surface area contributed by atoms with Gasteiger partial charge in [-0.1, -0.05) is 44.2 Å². The number of benzene rings is 3. The number of sulfonamides is 1. The van der Waals surface area contributed by atoms with E-state index in [0.29, 0.717) is 35.8 Å². The lowest BCUT2D eigenvalue weighted by Crippen LogP contribution is -2.30. The van der Waals surface area contributed by atoms with Gasteiger partial charge in [-0.25, -0.2) is 8.42 Å². The van der Waals surface area contributed by atoms with Crippen molar-refractivity contribution in [3.8, 4) is 11.5 Å². The van der Waals surface area contributed by atoms with E-state index in [2.05, 4.69) is 5.32 Å². The molecule has 0 aromatic heterocycles. The average Bonchev–Trinajstić information content (AvgIpc) is 2.76. The van der Waals surface area contributed by atoms with Crippen LogP contribution in [0.25, 0.3) is 0 Å². The van der Waals surface area contributed by atoms with Gasteiger partial charge in [-0.3, -0.25) is 4.79 Å². The molecule has 1 amide bonds. The Bertz CT molecular complexity index is 1090. The second kappa shape index (κ2) is 9.56. The monoisotopic (exact) mass is 424 g/mol. The van der Waals surface area contributed by atoms with E-state index in [1.807, 2.05) is 30.3 Å². The molecule has 0 aliphatic carbocycles. The van der Waals surface area contributed by atoms with Crippen LogP contribution in [0, 0.1) is 0 Å². The van der Waals surface area contributed by atoms with Crippen LogP contribution in [0.1, 0.15) is 24.2 Å². The molecule has 3 aromatic rings. The number of nitrogens with zero attached hydrogens (tertiary/aromatic N) is 1. The van der Waals surface area contributed by atoms with E-state index in [1.165, 1.54) is 16.4 Å². The van der Waals surface area contributed by atoms with Crippen molar-refractivity contribution in [1.29, 1.82) is 0 Å². The van der Waals surface area contributed by atoms with Gasteiger partial charge in [-0.05, 0) is 48.5 Å². The highest BCUT2D eigenvalue weighted by molar-refractivity contribution is 7.89. The molecule has 7 heteroatoms. The van der Waals surface area contributed by atoms with Crippen LogP contribution in [0.5, 0.6) is 11.5 Å². The number of nitrogens with one attached hydrogen (secondary N) is 1. The standard InChI is InChI=1S/C23H24N2O4S/c1-3-25(4-2)30(27,28)20-16-14-18(15-17-20)24-23(26)21-12-8-9-13-22(21)29-19-10-6-5-7-11-19/h5-17H,3-4H2,1-2H3,(H,24,26). The van der Waals surface area contributed by atoms with E-state index < -0.39 is 10.0 Å². The van der Waals surface area contributed by atoms with Gasteiger partial charge < -0.3 is 10.1 Å². The van der Waals surface area contributed by atoms with Crippen molar-refractivity contribution < 1.29 is 17.9 Å². The Morgan fingerprint density at radius 3 is 2.10 bits per heavy atom. The maximum atomic E-state index is 12.8. The first-order valence-corrected chi connectivity index (χ1v) is 11.1. The number of anilines is 1. The molecule has 6 nitrogen and oxygen atoms in total. The SMILES string of the molecule is CCN(CC)S(=O)(=O)c1ccc(NC(=O)c2ccccc2Oc2ccccc2)cc1. The predicted molar refractivity (Wildman–Crippen MR) is 117 cm³/mol. The molecule has 0 bridgehead atoms. The number of ether oxygens (including phenoxy) is 1. The Labute approximate surface area is 177 Å². The molecule has 0 saturated heterocycles. The summed E-state index contributed by atoms with van der Waals surface area (Å²) >= 11 is 0. The second-order valence-electron chi connectivity index (χ2n) is 6.48. The van der Waals surface area contributed by atoms with E-state index in [9.17, 15) is 13.2 Å². The van der Waals surface area contributed by atoms with Crippen LogP contribution in [0.3, 0.4) is 0 Å². The smallest absolute Gasteiger partial charge is 0.259 e. The van der Waals surface area contributed by atoms with Gasteiger partial charge >= 0.3 is 0 Å². The number of para-hydroxylation sites is 2. The Kier molecular flexibility index (Phi) is 6.87. The molecule has 0 aliphatic rings. The maximum Gasteiger partial charge on any atom is 0.259 e. The minimum atomic E-state index is -3.54. The molecule has 156 valence electrons. The molecule has 0 saturated carbocycles. The van der Waals surface area contributed by atoms with E-state index in [-0.39, 0.29) is 10.8 Å². The highest BCUT2D eigenvalue weighted by Gasteiger charge is 2.21. The number of carbonyl (C=O) groups excluding carboxylic acids is 1. The van der Waals surface area contributed by atoms with E-state index in [1.54, 1.807) is 50.2 Å². The molecular weight excluding hydrogens is 400 g/mol. The van der Waals surface area contributed by atoms with Gasteiger partial charge in [0.05, 0.1) is 10.5 Å². The van der Waals surface area contributed by atoms with Crippen LogP contribution in [0.15, 0.2) is 83.8 Å². The number of rotatable bonds is 8. The molecule has 3 rings (SSSR count). The average molecular weight is 425 g/mol. The molecule has 0 radical (unpaired) electrons. The first-order chi connectivity index (χ1) is 14.5. The van der Waals surface area contributed by atoms with Gasteiger partial charge in [0, 0.05) is 18.8 Å². The van der Waals surface area contributed by atoms with Gasteiger partial charge in [0.15, 0.2) is 0 Å². The molecule has 0 spiro atoms. The van der Waals surface area contributed by atoms with Gasteiger partial charge in [0.25, 0.3) is 5.91 Å². The van der Waals surface area contributed by atoms with E-state index >= 15 is 0 Å². The lowest BCUT2D eigenvalue weighted by molar-refractivity contribution is 0.102. The predicted octanol–water partition coefficient (Wildman–Crippen LogP) is 4.76. The Hall–Kier alpha value is -3.16. The van der Waals surface area contributed by atoms with Crippen molar-refractivity contribution >= 4 is 21.6 Å². The quantitative estimate of drug-likeness (QED) is 0.566. The summed E-state index contributed by atoms with van der Waals surface area (Å²) in [6, 6.07) is 22.3. The number of carbonyl (C=O) groups is 1. The van der Waals surface area contributed by atoms with Crippen molar-refractivity contribution in [2.45, 2.75) is 18.7 Å². The van der Waals surface area contributed by atoms with Crippen molar-refractivity contribution in [1.82, 2.24) is 4.31 Å². The first kappa shape index (κ1) is 21.5. The third kappa shape index (κ3) is 4.87. The zero-order valence-electron chi connectivity index (χ0n) is 16.9. The highest BCUT2D eigenvalue weighted by atomic mass is 32.2. The summed E-state index contributed by atoms with van der Waals surface area (Å²) < 4.78 is 32.4. The lowest BCUT2D eigenvalue weighted by atomic mass is 10.2. The van der Waals surface area contributed by atoms with Crippen molar-refractivity contribution in [2.75, 3.05) is 18.4 Å². The van der Waals surface area contributed by atoms with Crippen LogP contribution < -0.4 is 10.1 Å². The fourth-order valence-corrected chi connectivity index (χ4v) is 4.44. The van der Waals surface area contributed by atoms with Crippen molar-refractivity contribution in [3.63, 3.8) is 0 Å². The minimum absolute atomic E-state index is 0.192. The zero-order valence-corrected chi connectivity index (χ0v) is 17.7. The molecule has 0 fully saturated rings. The van der Waals surface area contributed by atoms with Crippen molar-refractivity contribution in [3.05, 3.63) is 84.4 Å². The van der Waals surface area contributed by atoms with Gasteiger partial charge in [-0.2, -0.15) is 4.31 Å². The summed E-state index contributed by atoms with van der Waals surface area (Å²) in [5.41, 5.74) is 0.870. The Morgan fingerprint density at radius 2 is 1.47 bits per heavy atom. The number of hydrogen-bond donors (Lipinski definition) is 1. The van der Waals surface area contributed by atoms with E-state index in [4.69, 9.17) is 4.74 Å². The van der Waals surface area contributed by atoms with Crippen LogP contribution >= 0.6 is 0 Å². The maximum absolute atomic E-state index is 12.8. The third-order valence-corrected chi connectivity index (χ3v) is 6.62. The van der Waals surface area contributed by atoms with Crippen LogP contribution in [-0.4, -0.2) is 31.7 Å². The minimum Gasteiger partial charge on any atom is -0.457 e. The summed E-state index contributed by atoms with van der Waals surface area (Å²) in [5.74, 6) is 0.714. The summed E-state index contributed by atoms with van der Waals surface area (Å²) in [5, 5.41) is 2.79. The molecule has 0 aliphatic heterocycles. The van der Waals surface area contributed by atoms with Crippen LogP contribution in [-0.2, 0) is 10.0 Å². The normalized spacial score (nSPS) is 11.3. The molecule has 1 N–H and O–H groups in total. The number of hydrogen-bond acceptors (Lipinski definition) is 4. The summed E-state index contributed by atoms with van der Waals surface area (Å²) in [6.07, 6.45) is 0. The Balaban J connectivity index is 1.77. The Morgan fingerprint density at radius 1 is 0.867 bits per heavy atom. The molecule has 3 aromatic carbocycles. The fourth-order valence-electron chi connectivity index (χ4n) is 2.98. The largest absolute Gasteiger partial charge is 0.457 e. The van der Waals surface area contributed by atoms with E-state index in [0.717, 1.165) is 0 Å². The van der Waals surface area contributed by atoms with Gasteiger partial charge in [-0.15, -0.1) is 0 Å². The summed E-state index contributed by atoms with van der Waals surface area (Å²) in [4.78, 5) is 13.0. The van der Waals surface area contributed by atoms with Crippen LogP contribution in [0.4, 0.5) is 5.69 Å². The second-order valence-corrected chi connectivity index (χ2v) is 8.42. The van der Waals surface area contributed by atoms with Crippen molar-refractivity contribution in [2.24, 2.45) is 0 Å². The summed E-state index contributed by atoms with van der Waals surface area (Å²) in [6.45, 7) is 4.39. The van der Waals surface area contributed by atoms with Crippen LogP contribution in [0.2, 0.25) is 0 Å². The molecule has 0 unspecified atom stereocenters. The molecule has 30 heavy (non-hydrogen) atoms. The molecule has 0 heterocycles. The fraction of sp³-hybridized carbons (Fsp3) is 0.174.